The SMILES string of the molecule is CC.CC(C)(C)OC(=O)N1C2CCC1CN(C(=O)OCC1c3ccccc3-c3ccccc31)C2. The van der Waals surface area contributed by atoms with Gasteiger partial charge in [-0.2, -0.15) is 0 Å². The van der Waals surface area contributed by atoms with E-state index in [-0.39, 0.29) is 30.2 Å². The van der Waals surface area contributed by atoms with Gasteiger partial charge < -0.3 is 14.4 Å². The second-order valence-corrected chi connectivity index (χ2v) is 9.98. The van der Waals surface area contributed by atoms with Crippen LogP contribution in [0.1, 0.15) is 64.5 Å². The summed E-state index contributed by atoms with van der Waals surface area (Å²) in [4.78, 5) is 29.2. The van der Waals surface area contributed by atoms with Crippen molar-refractivity contribution in [3.05, 3.63) is 59.7 Å². The first-order valence-corrected chi connectivity index (χ1v) is 12.4. The van der Waals surface area contributed by atoms with Crippen molar-refractivity contribution < 1.29 is 19.1 Å². The molecule has 2 fully saturated rings. The third-order valence-electron chi connectivity index (χ3n) is 6.68. The van der Waals surface area contributed by atoms with Gasteiger partial charge in [0, 0.05) is 19.0 Å². The van der Waals surface area contributed by atoms with Crippen molar-refractivity contribution in [2.24, 2.45) is 0 Å². The smallest absolute Gasteiger partial charge is 0.410 e. The summed E-state index contributed by atoms with van der Waals surface area (Å²) >= 11 is 0. The molecule has 2 aliphatic heterocycles. The van der Waals surface area contributed by atoms with Crippen molar-refractivity contribution >= 4 is 12.2 Å². The fourth-order valence-corrected chi connectivity index (χ4v) is 5.35. The zero-order chi connectivity index (χ0) is 24.5. The Hall–Kier alpha value is -3.02. The van der Waals surface area contributed by atoms with E-state index in [4.69, 9.17) is 9.47 Å². The summed E-state index contributed by atoms with van der Waals surface area (Å²) in [5.74, 6) is 0.0473. The zero-order valence-corrected chi connectivity index (χ0v) is 20.9. The first kappa shape index (κ1) is 24.1. The number of likely N-dealkylation sites (tertiary alicyclic amines) is 1. The molecule has 2 bridgehead atoms. The average Bonchev–Trinajstić information content (AvgIpc) is 3.28. The molecule has 2 atom stereocenters. The summed E-state index contributed by atoms with van der Waals surface area (Å²) in [5.41, 5.74) is 4.31. The van der Waals surface area contributed by atoms with E-state index in [0.29, 0.717) is 19.7 Å². The van der Waals surface area contributed by atoms with Crippen LogP contribution in [0.2, 0.25) is 0 Å². The maximum atomic E-state index is 13.0. The average molecular weight is 465 g/mol. The van der Waals surface area contributed by atoms with Crippen molar-refractivity contribution in [1.82, 2.24) is 9.80 Å². The van der Waals surface area contributed by atoms with Crippen LogP contribution in [-0.2, 0) is 9.47 Å². The number of benzene rings is 2. The zero-order valence-electron chi connectivity index (χ0n) is 20.9. The van der Waals surface area contributed by atoms with Gasteiger partial charge in [0.25, 0.3) is 0 Å². The van der Waals surface area contributed by atoms with Gasteiger partial charge in [-0.05, 0) is 55.9 Å². The molecule has 2 heterocycles. The molecule has 0 radical (unpaired) electrons. The van der Waals surface area contributed by atoms with E-state index in [9.17, 15) is 9.59 Å². The van der Waals surface area contributed by atoms with Crippen LogP contribution in [0.15, 0.2) is 48.5 Å². The lowest BCUT2D eigenvalue weighted by molar-refractivity contribution is -0.00558. The summed E-state index contributed by atoms with van der Waals surface area (Å²) in [5, 5.41) is 0. The normalized spacial score (nSPS) is 20.7. The van der Waals surface area contributed by atoms with Gasteiger partial charge in [0.05, 0.1) is 12.1 Å². The third-order valence-corrected chi connectivity index (χ3v) is 6.68. The number of amides is 2. The number of nitrogens with zero attached hydrogens (tertiary/aromatic N) is 2. The van der Waals surface area contributed by atoms with Crippen molar-refractivity contribution in [3.8, 4) is 11.1 Å². The van der Waals surface area contributed by atoms with E-state index in [1.165, 1.54) is 22.3 Å². The molecule has 2 saturated heterocycles. The molecule has 5 rings (SSSR count). The van der Waals surface area contributed by atoms with Gasteiger partial charge in [-0.1, -0.05) is 62.4 Å². The van der Waals surface area contributed by atoms with Crippen LogP contribution in [0.3, 0.4) is 0 Å². The summed E-state index contributed by atoms with van der Waals surface area (Å²) in [6.45, 7) is 10.9. The molecule has 2 amide bonds. The van der Waals surface area contributed by atoms with Crippen molar-refractivity contribution in [2.45, 2.75) is 71.1 Å². The largest absolute Gasteiger partial charge is 0.448 e. The number of piperazine rings is 1. The Bertz CT molecular complexity index is 985. The minimum Gasteiger partial charge on any atom is -0.448 e. The first-order chi connectivity index (χ1) is 16.3. The van der Waals surface area contributed by atoms with Crippen LogP contribution in [0.25, 0.3) is 11.1 Å². The Morgan fingerprint density at radius 3 is 1.85 bits per heavy atom. The van der Waals surface area contributed by atoms with Crippen LogP contribution in [0.4, 0.5) is 9.59 Å². The standard InChI is InChI=1S/C26H30N2O4.C2H6/c1-26(2,3)32-25(30)28-17-12-13-18(28)15-27(14-17)24(29)31-16-23-21-10-6-4-8-19(21)20-9-5-7-11-22(20)23;1-2/h4-11,17-18,23H,12-16H2,1-3H3;1-2H3. The van der Waals surface area contributed by atoms with Crippen LogP contribution >= 0.6 is 0 Å². The predicted molar refractivity (Wildman–Crippen MR) is 133 cm³/mol. The highest BCUT2D eigenvalue weighted by Crippen LogP contribution is 2.44. The fraction of sp³-hybridized carbons (Fsp3) is 0.500. The molecule has 0 saturated carbocycles. The fourth-order valence-electron chi connectivity index (χ4n) is 5.35. The highest BCUT2D eigenvalue weighted by atomic mass is 16.6. The number of ether oxygens (including phenoxy) is 2. The molecule has 0 spiro atoms. The summed E-state index contributed by atoms with van der Waals surface area (Å²) < 4.78 is 11.4. The molecule has 6 heteroatoms. The highest BCUT2D eigenvalue weighted by Gasteiger charge is 2.46. The Labute approximate surface area is 202 Å². The molecule has 0 aromatic heterocycles. The third kappa shape index (κ3) is 4.63. The molecule has 182 valence electrons. The first-order valence-electron chi connectivity index (χ1n) is 12.4. The van der Waals surface area contributed by atoms with Crippen molar-refractivity contribution in [1.29, 1.82) is 0 Å². The van der Waals surface area contributed by atoms with Crippen molar-refractivity contribution in [2.75, 3.05) is 19.7 Å². The molecular formula is C28H36N2O4. The number of carbonyl (C=O) groups is 2. The molecule has 3 aliphatic rings. The van der Waals surface area contributed by atoms with E-state index in [2.05, 4.69) is 24.3 Å². The Balaban J connectivity index is 0.00000133. The molecule has 2 aromatic rings. The maximum absolute atomic E-state index is 13.0. The minimum atomic E-state index is -0.527. The molecule has 6 nitrogen and oxygen atoms in total. The number of hydrogen-bond acceptors (Lipinski definition) is 4. The topological polar surface area (TPSA) is 59.1 Å². The van der Waals surface area contributed by atoms with Gasteiger partial charge in [0.1, 0.15) is 12.2 Å². The molecule has 1 aliphatic carbocycles. The van der Waals surface area contributed by atoms with Gasteiger partial charge in [0.2, 0.25) is 0 Å². The summed E-state index contributed by atoms with van der Waals surface area (Å²) in [6.07, 6.45) is 1.19. The van der Waals surface area contributed by atoms with E-state index in [0.717, 1.165) is 12.8 Å². The minimum absolute atomic E-state index is 0.0101. The van der Waals surface area contributed by atoms with Crippen molar-refractivity contribution in [3.63, 3.8) is 0 Å². The lowest BCUT2D eigenvalue weighted by Gasteiger charge is -2.40. The second-order valence-electron chi connectivity index (χ2n) is 9.98. The highest BCUT2D eigenvalue weighted by molar-refractivity contribution is 5.79. The van der Waals surface area contributed by atoms with Gasteiger partial charge in [0.15, 0.2) is 0 Å². The maximum Gasteiger partial charge on any atom is 0.410 e. The Morgan fingerprint density at radius 2 is 1.35 bits per heavy atom. The number of carbonyl (C=O) groups excluding carboxylic acids is 2. The Kier molecular flexibility index (Phi) is 6.87. The van der Waals surface area contributed by atoms with Crippen LogP contribution in [0, 0.1) is 0 Å². The van der Waals surface area contributed by atoms with Gasteiger partial charge in [-0.25, -0.2) is 9.59 Å². The molecule has 34 heavy (non-hydrogen) atoms. The van der Waals surface area contributed by atoms with E-state index < -0.39 is 5.60 Å². The van der Waals surface area contributed by atoms with Crippen LogP contribution < -0.4 is 0 Å². The molecule has 2 unspecified atom stereocenters. The number of hydrogen-bond donors (Lipinski definition) is 0. The molecule has 0 N–H and O–H groups in total. The number of fused-ring (bicyclic) bond motifs is 5. The molecular weight excluding hydrogens is 428 g/mol. The second kappa shape index (κ2) is 9.69. The number of rotatable bonds is 2. The lowest BCUT2D eigenvalue weighted by atomic mass is 9.98. The van der Waals surface area contributed by atoms with E-state index >= 15 is 0 Å². The Morgan fingerprint density at radius 1 is 0.853 bits per heavy atom. The monoisotopic (exact) mass is 464 g/mol. The van der Waals surface area contributed by atoms with Gasteiger partial charge in [-0.3, -0.25) is 4.90 Å². The quantitative estimate of drug-likeness (QED) is 0.543. The van der Waals surface area contributed by atoms with Crippen LogP contribution in [-0.4, -0.2) is 59.4 Å². The lowest BCUT2D eigenvalue weighted by Crippen LogP contribution is -2.58. The summed E-state index contributed by atoms with van der Waals surface area (Å²) in [6, 6.07) is 16.6. The van der Waals surface area contributed by atoms with Gasteiger partial charge >= 0.3 is 12.2 Å². The van der Waals surface area contributed by atoms with E-state index in [1.807, 2.05) is 63.8 Å². The van der Waals surface area contributed by atoms with Gasteiger partial charge in [-0.15, -0.1) is 0 Å². The van der Waals surface area contributed by atoms with Crippen LogP contribution in [0.5, 0.6) is 0 Å². The molecule has 2 aromatic carbocycles. The summed E-state index contributed by atoms with van der Waals surface area (Å²) in [7, 11) is 0. The predicted octanol–water partition coefficient (Wildman–Crippen LogP) is 6.05. The van der Waals surface area contributed by atoms with E-state index in [1.54, 1.807) is 4.90 Å².